The standard InChI is InChI=1S/C10H19NO4/c1-14-9(12)2-5-11-8-10(13)3-6-15-7-4-10/h11,13H,2-8H2,1H3. The minimum Gasteiger partial charge on any atom is -0.469 e. The van der Waals surface area contributed by atoms with E-state index >= 15 is 0 Å². The van der Waals surface area contributed by atoms with Crippen LogP contribution in [0.3, 0.4) is 0 Å². The molecule has 0 spiro atoms. The zero-order valence-electron chi connectivity index (χ0n) is 9.12. The summed E-state index contributed by atoms with van der Waals surface area (Å²) in [4.78, 5) is 10.8. The minimum atomic E-state index is -0.672. The Morgan fingerprint density at radius 2 is 2.20 bits per heavy atom. The molecule has 0 aliphatic carbocycles. The third-order valence-electron chi connectivity index (χ3n) is 2.61. The second-order valence-electron chi connectivity index (χ2n) is 3.84. The topological polar surface area (TPSA) is 67.8 Å². The highest BCUT2D eigenvalue weighted by atomic mass is 16.5. The van der Waals surface area contributed by atoms with Crippen molar-refractivity contribution in [2.75, 3.05) is 33.4 Å². The number of nitrogens with one attached hydrogen (secondary N) is 1. The average Bonchev–Trinajstić information content (AvgIpc) is 2.25. The quantitative estimate of drug-likeness (QED) is 0.488. The van der Waals surface area contributed by atoms with Gasteiger partial charge in [0.05, 0.1) is 19.1 Å². The monoisotopic (exact) mass is 217 g/mol. The summed E-state index contributed by atoms with van der Waals surface area (Å²) in [5.74, 6) is -0.235. The molecular weight excluding hydrogens is 198 g/mol. The molecule has 0 radical (unpaired) electrons. The van der Waals surface area contributed by atoms with Crippen molar-refractivity contribution in [3.63, 3.8) is 0 Å². The molecule has 0 bridgehead atoms. The number of carbonyl (C=O) groups excluding carboxylic acids is 1. The fourth-order valence-corrected chi connectivity index (χ4v) is 1.54. The Balaban J connectivity index is 2.10. The number of carbonyl (C=O) groups is 1. The summed E-state index contributed by atoms with van der Waals surface area (Å²) in [6.07, 6.45) is 1.64. The number of hydrogen-bond donors (Lipinski definition) is 2. The van der Waals surface area contributed by atoms with Crippen molar-refractivity contribution in [1.29, 1.82) is 0 Å². The Kier molecular flexibility index (Phi) is 5.01. The van der Waals surface area contributed by atoms with Crippen molar-refractivity contribution in [1.82, 2.24) is 5.32 Å². The summed E-state index contributed by atoms with van der Waals surface area (Å²) in [6, 6.07) is 0. The van der Waals surface area contributed by atoms with Crippen LogP contribution >= 0.6 is 0 Å². The van der Waals surface area contributed by atoms with Gasteiger partial charge in [-0.1, -0.05) is 0 Å². The summed E-state index contributed by atoms with van der Waals surface area (Å²) in [5.41, 5.74) is -0.672. The van der Waals surface area contributed by atoms with E-state index in [9.17, 15) is 9.90 Å². The molecule has 0 aromatic rings. The molecule has 0 saturated carbocycles. The molecule has 1 rings (SSSR count). The Hall–Kier alpha value is -0.650. The molecule has 0 unspecified atom stereocenters. The van der Waals surface area contributed by atoms with Gasteiger partial charge in [0.15, 0.2) is 0 Å². The van der Waals surface area contributed by atoms with Gasteiger partial charge in [-0.05, 0) is 0 Å². The van der Waals surface area contributed by atoms with E-state index < -0.39 is 5.60 Å². The van der Waals surface area contributed by atoms with Gasteiger partial charge in [0.1, 0.15) is 0 Å². The van der Waals surface area contributed by atoms with Crippen LogP contribution in [-0.2, 0) is 14.3 Å². The Bertz CT molecular complexity index is 202. The van der Waals surface area contributed by atoms with Crippen LogP contribution in [0.5, 0.6) is 0 Å². The highest BCUT2D eigenvalue weighted by Crippen LogP contribution is 2.18. The van der Waals surface area contributed by atoms with E-state index in [1.807, 2.05) is 0 Å². The van der Waals surface area contributed by atoms with Gasteiger partial charge in [0.25, 0.3) is 0 Å². The van der Waals surface area contributed by atoms with Crippen LogP contribution in [0.25, 0.3) is 0 Å². The lowest BCUT2D eigenvalue weighted by atomic mass is 9.94. The van der Waals surface area contributed by atoms with Gasteiger partial charge in [-0.2, -0.15) is 0 Å². The van der Waals surface area contributed by atoms with Gasteiger partial charge in [-0.25, -0.2) is 0 Å². The van der Waals surface area contributed by atoms with E-state index in [4.69, 9.17) is 4.74 Å². The molecule has 5 nitrogen and oxygen atoms in total. The second kappa shape index (κ2) is 6.05. The largest absolute Gasteiger partial charge is 0.469 e. The van der Waals surface area contributed by atoms with E-state index in [0.29, 0.717) is 45.6 Å². The van der Waals surface area contributed by atoms with Crippen molar-refractivity contribution in [2.45, 2.75) is 24.9 Å². The Morgan fingerprint density at radius 1 is 1.53 bits per heavy atom. The third kappa shape index (κ3) is 4.59. The van der Waals surface area contributed by atoms with Crippen LogP contribution in [0.4, 0.5) is 0 Å². The predicted octanol–water partition coefficient (Wildman–Crippen LogP) is -0.319. The van der Waals surface area contributed by atoms with E-state index in [2.05, 4.69) is 10.1 Å². The highest BCUT2D eigenvalue weighted by molar-refractivity contribution is 5.69. The maximum Gasteiger partial charge on any atom is 0.306 e. The van der Waals surface area contributed by atoms with Crippen molar-refractivity contribution >= 4 is 5.97 Å². The summed E-state index contributed by atoms with van der Waals surface area (Å²) in [5, 5.41) is 13.1. The predicted molar refractivity (Wildman–Crippen MR) is 54.5 cm³/mol. The van der Waals surface area contributed by atoms with Gasteiger partial charge in [-0.3, -0.25) is 4.79 Å². The van der Waals surface area contributed by atoms with Crippen LogP contribution in [0, 0.1) is 0 Å². The molecule has 5 heteroatoms. The molecule has 0 aromatic heterocycles. The van der Waals surface area contributed by atoms with Gasteiger partial charge in [0.2, 0.25) is 0 Å². The molecule has 15 heavy (non-hydrogen) atoms. The molecule has 1 aliphatic rings. The van der Waals surface area contributed by atoms with E-state index in [1.165, 1.54) is 7.11 Å². The van der Waals surface area contributed by atoms with E-state index in [-0.39, 0.29) is 5.97 Å². The Morgan fingerprint density at radius 3 is 2.80 bits per heavy atom. The van der Waals surface area contributed by atoms with E-state index in [1.54, 1.807) is 0 Å². The van der Waals surface area contributed by atoms with E-state index in [0.717, 1.165) is 0 Å². The van der Waals surface area contributed by atoms with Crippen LogP contribution in [0.2, 0.25) is 0 Å². The molecule has 1 saturated heterocycles. The first-order valence-corrected chi connectivity index (χ1v) is 5.24. The summed E-state index contributed by atoms with van der Waals surface area (Å²) in [7, 11) is 1.37. The first-order valence-electron chi connectivity index (χ1n) is 5.24. The van der Waals surface area contributed by atoms with Gasteiger partial charge >= 0.3 is 5.97 Å². The van der Waals surface area contributed by atoms with Crippen molar-refractivity contribution in [3.05, 3.63) is 0 Å². The lowest BCUT2D eigenvalue weighted by Crippen LogP contribution is -2.45. The number of ether oxygens (including phenoxy) is 2. The molecule has 0 amide bonds. The molecule has 1 aliphatic heterocycles. The summed E-state index contributed by atoms with van der Waals surface area (Å²) >= 11 is 0. The summed E-state index contributed by atoms with van der Waals surface area (Å²) < 4.78 is 9.67. The lowest BCUT2D eigenvalue weighted by Gasteiger charge is -2.32. The summed E-state index contributed by atoms with van der Waals surface area (Å²) in [6.45, 7) is 2.26. The normalized spacial score (nSPS) is 19.9. The first kappa shape index (κ1) is 12.4. The first-order chi connectivity index (χ1) is 7.16. The van der Waals surface area contributed by atoms with Gasteiger partial charge in [0, 0.05) is 39.1 Å². The zero-order chi connectivity index (χ0) is 11.1. The zero-order valence-corrected chi connectivity index (χ0v) is 9.12. The second-order valence-corrected chi connectivity index (χ2v) is 3.84. The molecule has 0 aromatic carbocycles. The number of rotatable bonds is 5. The van der Waals surface area contributed by atoms with Crippen LogP contribution in [0.1, 0.15) is 19.3 Å². The molecular formula is C10H19NO4. The molecule has 1 fully saturated rings. The maximum atomic E-state index is 10.8. The SMILES string of the molecule is COC(=O)CCNCC1(O)CCOCC1. The average molecular weight is 217 g/mol. The minimum absolute atomic E-state index is 0.235. The van der Waals surface area contributed by atoms with Gasteiger partial charge in [-0.15, -0.1) is 0 Å². The lowest BCUT2D eigenvalue weighted by molar-refractivity contribution is -0.140. The van der Waals surface area contributed by atoms with Gasteiger partial charge < -0.3 is 19.9 Å². The number of esters is 1. The highest BCUT2D eigenvalue weighted by Gasteiger charge is 2.28. The van der Waals surface area contributed by atoms with Crippen molar-refractivity contribution in [2.24, 2.45) is 0 Å². The number of hydrogen-bond acceptors (Lipinski definition) is 5. The molecule has 2 N–H and O–H groups in total. The van der Waals surface area contributed by atoms with Crippen molar-refractivity contribution < 1.29 is 19.4 Å². The molecule has 1 heterocycles. The van der Waals surface area contributed by atoms with Crippen molar-refractivity contribution in [3.8, 4) is 0 Å². The van der Waals surface area contributed by atoms with Crippen LogP contribution in [-0.4, -0.2) is 50.1 Å². The molecule has 0 atom stereocenters. The number of methoxy groups -OCH3 is 1. The fourth-order valence-electron chi connectivity index (χ4n) is 1.54. The Labute approximate surface area is 89.8 Å². The smallest absolute Gasteiger partial charge is 0.306 e. The number of aliphatic hydroxyl groups is 1. The van der Waals surface area contributed by atoms with Crippen LogP contribution in [0.15, 0.2) is 0 Å². The fraction of sp³-hybridized carbons (Fsp3) is 0.900. The van der Waals surface area contributed by atoms with Crippen LogP contribution < -0.4 is 5.32 Å². The third-order valence-corrected chi connectivity index (χ3v) is 2.61. The maximum absolute atomic E-state index is 10.8. The molecule has 88 valence electrons.